The van der Waals surface area contributed by atoms with Crippen LogP contribution in [0.15, 0.2) is 42.1 Å². The summed E-state index contributed by atoms with van der Waals surface area (Å²) in [6.07, 6.45) is 4.02. The van der Waals surface area contributed by atoms with Crippen LogP contribution in [-0.2, 0) is 16.1 Å². The number of carbonyl (C=O) groups excluding carboxylic acids is 3. The molecular weight excluding hydrogens is 511 g/mol. The molecule has 12 nitrogen and oxygen atoms in total. The predicted molar refractivity (Wildman–Crippen MR) is 135 cm³/mol. The van der Waals surface area contributed by atoms with Crippen LogP contribution in [0.5, 0.6) is 5.75 Å². The number of allylic oxidation sites excluding steroid dienone is 1. The zero-order chi connectivity index (χ0) is 27.7. The maximum Gasteiger partial charge on any atom is 0.309 e. The summed E-state index contributed by atoms with van der Waals surface area (Å²) < 4.78 is 20.7. The number of carboxylic acids is 1. The molecule has 13 heteroatoms. The summed E-state index contributed by atoms with van der Waals surface area (Å²) in [5, 5.41) is 21.4. The summed E-state index contributed by atoms with van der Waals surface area (Å²) in [4.78, 5) is 53.0. The van der Waals surface area contributed by atoms with Crippen molar-refractivity contribution in [2.24, 2.45) is 5.41 Å². The summed E-state index contributed by atoms with van der Waals surface area (Å²) >= 11 is 0. The number of carboxylic acid groups (broad SMARTS) is 1. The van der Waals surface area contributed by atoms with Gasteiger partial charge in [-0.1, -0.05) is 17.7 Å². The highest BCUT2D eigenvalue weighted by molar-refractivity contribution is 5.98. The van der Waals surface area contributed by atoms with E-state index in [-0.39, 0.29) is 42.6 Å². The average molecular weight is 537 g/mol. The van der Waals surface area contributed by atoms with Crippen LogP contribution < -0.4 is 20.7 Å². The number of halogens is 1. The standard InChI is InChI=1S/C26H25FN6O6/c1-26(25(37)38)6-4-14(5-7-26)10-29-24(36)19-9-18(32-22-16(27)12-30-33(19)22)23(35)28-11-15-2-3-20-17(8-15)31-21(34)13-39-20/h2-4,8-9,12H,5-7,10-11,13H2,1H3,(H,28,35)(H,29,36)(H,31,34)(H,37,38). The average Bonchev–Trinajstić information content (AvgIpc) is 3.30. The highest BCUT2D eigenvalue weighted by Crippen LogP contribution is 2.35. The van der Waals surface area contributed by atoms with Crippen LogP contribution in [0.4, 0.5) is 10.1 Å². The van der Waals surface area contributed by atoms with Gasteiger partial charge < -0.3 is 25.8 Å². The molecule has 1 unspecified atom stereocenters. The number of amides is 3. The maximum absolute atomic E-state index is 14.4. The van der Waals surface area contributed by atoms with Gasteiger partial charge in [0, 0.05) is 19.2 Å². The zero-order valence-corrected chi connectivity index (χ0v) is 20.9. The van der Waals surface area contributed by atoms with Crippen molar-refractivity contribution in [2.75, 3.05) is 18.5 Å². The zero-order valence-electron chi connectivity index (χ0n) is 20.9. The third-order valence-electron chi connectivity index (χ3n) is 6.86. The van der Waals surface area contributed by atoms with Crippen molar-refractivity contribution in [3.63, 3.8) is 0 Å². The molecule has 1 aliphatic carbocycles. The minimum atomic E-state index is -0.861. The summed E-state index contributed by atoms with van der Waals surface area (Å²) in [5.41, 5.74) is 0.644. The van der Waals surface area contributed by atoms with Gasteiger partial charge in [0.2, 0.25) is 0 Å². The van der Waals surface area contributed by atoms with Gasteiger partial charge in [0.05, 0.1) is 17.3 Å². The number of rotatable bonds is 7. The monoisotopic (exact) mass is 536 g/mol. The molecule has 4 N–H and O–H groups in total. The quantitative estimate of drug-likeness (QED) is 0.333. The molecule has 0 saturated heterocycles. The fourth-order valence-corrected chi connectivity index (χ4v) is 4.38. The van der Waals surface area contributed by atoms with Crippen LogP contribution >= 0.6 is 0 Å². The Bertz CT molecular complexity index is 1550. The lowest BCUT2D eigenvalue weighted by Crippen LogP contribution is -2.33. The minimum Gasteiger partial charge on any atom is -0.482 e. The van der Waals surface area contributed by atoms with Crippen molar-refractivity contribution in [1.82, 2.24) is 25.2 Å². The van der Waals surface area contributed by atoms with Crippen LogP contribution in [0.1, 0.15) is 52.7 Å². The third kappa shape index (κ3) is 5.28. The number of aliphatic carboxylic acids is 1. The van der Waals surface area contributed by atoms with Crippen LogP contribution in [0, 0.1) is 11.2 Å². The molecule has 1 atom stereocenters. The Morgan fingerprint density at radius 2 is 2.00 bits per heavy atom. The molecule has 3 amide bonds. The largest absolute Gasteiger partial charge is 0.482 e. The smallest absolute Gasteiger partial charge is 0.309 e. The number of aromatic nitrogens is 3. The molecule has 5 rings (SSSR count). The first-order chi connectivity index (χ1) is 18.6. The Kier molecular flexibility index (Phi) is 6.73. The second-order valence-corrected chi connectivity index (χ2v) is 9.72. The summed E-state index contributed by atoms with van der Waals surface area (Å²) in [7, 11) is 0. The highest BCUT2D eigenvalue weighted by atomic mass is 19.1. The Morgan fingerprint density at radius 3 is 2.74 bits per heavy atom. The van der Waals surface area contributed by atoms with Gasteiger partial charge in [-0.15, -0.1) is 0 Å². The van der Waals surface area contributed by atoms with Gasteiger partial charge in [-0.25, -0.2) is 13.9 Å². The first-order valence-electron chi connectivity index (χ1n) is 12.2. The van der Waals surface area contributed by atoms with E-state index in [1.54, 1.807) is 25.1 Å². The molecular formula is C26H25FN6O6. The minimum absolute atomic E-state index is 0.0694. The molecule has 0 bridgehead atoms. The van der Waals surface area contributed by atoms with Crippen LogP contribution in [0.2, 0.25) is 0 Å². The van der Waals surface area contributed by atoms with Gasteiger partial charge in [0.1, 0.15) is 17.1 Å². The molecule has 2 aliphatic rings. The predicted octanol–water partition coefficient (Wildman–Crippen LogP) is 2.06. The number of anilines is 1. The first kappa shape index (κ1) is 25.8. The lowest BCUT2D eigenvalue weighted by molar-refractivity contribution is -0.148. The second-order valence-electron chi connectivity index (χ2n) is 9.72. The fraction of sp³-hybridized carbons (Fsp3) is 0.308. The second kappa shape index (κ2) is 10.2. The summed E-state index contributed by atoms with van der Waals surface area (Å²) in [5.74, 6) is -2.67. The molecule has 0 fully saturated rings. The molecule has 1 aromatic carbocycles. The maximum atomic E-state index is 14.4. The number of hydrogen-bond donors (Lipinski definition) is 4. The van der Waals surface area contributed by atoms with E-state index in [1.165, 1.54) is 6.07 Å². The van der Waals surface area contributed by atoms with Gasteiger partial charge in [0.25, 0.3) is 17.7 Å². The third-order valence-corrected chi connectivity index (χ3v) is 6.86. The van der Waals surface area contributed by atoms with E-state index in [9.17, 15) is 28.7 Å². The van der Waals surface area contributed by atoms with Gasteiger partial charge in [-0.05, 0) is 43.9 Å². The molecule has 3 aromatic rings. The van der Waals surface area contributed by atoms with Crippen LogP contribution in [0.3, 0.4) is 0 Å². The number of benzene rings is 1. The van der Waals surface area contributed by atoms with Crippen LogP contribution in [0.25, 0.3) is 5.65 Å². The van der Waals surface area contributed by atoms with Gasteiger partial charge >= 0.3 is 5.97 Å². The SMILES string of the molecule is CC1(C(=O)O)CC=C(CNC(=O)c2cc(C(=O)NCc3ccc4c(c3)NC(=O)CO4)nc3c(F)cnn23)CC1. The molecule has 39 heavy (non-hydrogen) atoms. The number of nitrogens with one attached hydrogen (secondary N) is 3. The van der Waals surface area contributed by atoms with Crippen molar-refractivity contribution in [1.29, 1.82) is 0 Å². The number of carbonyl (C=O) groups is 4. The molecule has 0 radical (unpaired) electrons. The van der Waals surface area contributed by atoms with E-state index in [4.69, 9.17) is 4.74 Å². The Labute approximate surface area is 221 Å². The van der Waals surface area contributed by atoms with E-state index in [0.717, 1.165) is 16.3 Å². The first-order valence-corrected chi connectivity index (χ1v) is 12.2. The summed E-state index contributed by atoms with van der Waals surface area (Å²) in [6, 6.07) is 6.29. The van der Waals surface area contributed by atoms with Gasteiger partial charge in [0.15, 0.2) is 18.1 Å². The van der Waals surface area contributed by atoms with Crippen LogP contribution in [-0.4, -0.2) is 56.5 Å². The van der Waals surface area contributed by atoms with E-state index in [1.807, 2.05) is 6.08 Å². The molecule has 1 aliphatic heterocycles. The fourth-order valence-electron chi connectivity index (χ4n) is 4.38. The topological polar surface area (TPSA) is 164 Å². The molecule has 202 valence electrons. The normalized spacial score (nSPS) is 18.4. The molecule has 0 spiro atoms. The Morgan fingerprint density at radius 1 is 1.21 bits per heavy atom. The molecule has 0 saturated carbocycles. The van der Waals surface area contributed by atoms with E-state index in [0.29, 0.717) is 36.3 Å². The number of nitrogens with zero attached hydrogens (tertiary/aromatic N) is 3. The van der Waals surface area contributed by atoms with Gasteiger partial charge in [-0.2, -0.15) is 5.10 Å². The van der Waals surface area contributed by atoms with Crippen molar-refractivity contribution in [2.45, 2.75) is 32.7 Å². The highest BCUT2D eigenvalue weighted by Gasteiger charge is 2.34. The van der Waals surface area contributed by atoms with E-state index < -0.39 is 29.0 Å². The number of fused-ring (bicyclic) bond motifs is 2. The molecule has 3 heterocycles. The van der Waals surface area contributed by atoms with E-state index >= 15 is 0 Å². The summed E-state index contributed by atoms with van der Waals surface area (Å²) in [6.45, 7) is 1.86. The Balaban J connectivity index is 1.30. The van der Waals surface area contributed by atoms with Crippen molar-refractivity contribution >= 4 is 35.0 Å². The van der Waals surface area contributed by atoms with E-state index in [2.05, 4.69) is 26.0 Å². The number of hydrogen-bond acceptors (Lipinski definition) is 7. The number of ether oxygens (including phenoxy) is 1. The lowest BCUT2D eigenvalue weighted by Gasteiger charge is -2.28. The molecule has 2 aromatic heterocycles. The lowest BCUT2D eigenvalue weighted by atomic mass is 9.76. The van der Waals surface area contributed by atoms with Crippen molar-refractivity contribution in [3.8, 4) is 5.75 Å². The van der Waals surface area contributed by atoms with Crippen molar-refractivity contribution < 1.29 is 33.4 Å². The van der Waals surface area contributed by atoms with Gasteiger partial charge in [-0.3, -0.25) is 19.2 Å². The Hall–Kier alpha value is -4.81. The van der Waals surface area contributed by atoms with Crippen molar-refractivity contribution in [3.05, 3.63) is 64.9 Å².